The summed E-state index contributed by atoms with van der Waals surface area (Å²) in [7, 11) is 0. The standard InChI is InChI=1S/C25H14F3N2.Ir/c26-25(27,28)22-13-7-6-12-19(22)24-21-15-18-11-5-4-10-17(18)14-20(21)23(29-30-24)16-8-2-1-3-9-16;/h1-8,10-15H;/q-1;. The number of rotatable bonds is 2. The van der Waals surface area contributed by atoms with Crippen molar-refractivity contribution in [3.8, 4) is 22.5 Å². The summed E-state index contributed by atoms with van der Waals surface area (Å²) < 4.78 is 41.0. The van der Waals surface area contributed by atoms with Crippen LogP contribution in [0, 0.1) is 6.07 Å². The number of nitrogens with zero attached hydrogens (tertiary/aromatic N) is 2. The third kappa shape index (κ3) is 3.85. The van der Waals surface area contributed by atoms with Crippen molar-refractivity contribution in [2.24, 2.45) is 0 Å². The van der Waals surface area contributed by atoms with Gasteiger partial charge in [-0.25, -0.2) is 0 Å². The Bertz CT molecular complexity index is 1380. The zero-order chi connectivity index (χ0) is 20.7. The molecule has 6 heteroatoms. The molecule has 5 rings (SSSR count). The normalized spacial score (nSPS) is 11.5. The molecule has 2 nitrogen and oxygen atoms in total. The average Bonchev–Trinajstić information content (AvgIpc) is 2.77. The van der Waals surface area contributed by atoms with E-state index in [4.69, 9.17) is 0 Å². The molecule has 0 saturated carbocycles. The first kappa shape index (κ1) is 21.2. The van der Waals surface area contributed by atoms with Crippen LogP contribution in [0.15, 0.2) is 84.9 Å². The monoisotopic (exact) mass is 592 g/mol. The minimum Gasteiger partial charge on any atom is -0.200 e. The van der Waals surface area contributed by atoms with E-state index in [1.54, 1.807) is 12.1 Å². The van der Waals surface area contributed by atoms with Crippen LogP contribution < -0.4 is 0 Å². The van der Waals surface area contributed by atoms with Gasteiger partial charge in [0.25, 0.3) is 0 Å². The summed E-state index contributed by atoms with van der Waals surface area (Å²) in [5.41, 5.74) is 0.822. The van der Waals surface area contributed by atoms with Crippen molar-refractivity contribution in [3.05, 3.63) is 96.6 Å². The topological polar surface area (TPSA) is 25.8 Å². The van der Waals surface area contributed by atoms with Crippen LogP contribution >= 0.6 is 0 Å². The number of aromatic nitrogens is 2. The van der Waals surface area contributed by atoms with Gasteiger partial charge >= 0.3 is 6.18 Å². The summed E-state index contributed by atoms with van der Waals surface area (Å²) >= 11 is 0. The number of hydrogen-bond acceptors (Lipinski definition) is 2. The molecule has 0 unspecified atom stereocenters. The number of halogens is 3. The van der Waals surface area contributed by atoms with Gasteiger partial charge in [0.05, 0.1) is 11.3 Å². The maximum atomic E-state index is 13.7. The van der Waals surface area contributed by atoms with Crippen molar-refractivity contribution < 1.29 is 33.3 Å². The van der Waals surface area contributed by atoms with Crippen molar-refractivity contribution >= 4 is 21.5 Å². The minimum absolute atomic E-state index is 0. The molecule has 0 spiro atoms. The fourth-order valence-electron chi connectivity index (χ4n) is 3.72. The Morgan fingerprint density at radius 1 is 0.677 bits per heavy atom. The van der Waals surface area contributed by atoms with Gasteiger partial charge in [0.2, 0.25) is 0 Å². The second-order valence-electron chi connectivity index (χ2n) is 6.96. The molecule has 0 N–H and O–H groups in total. The summed E-state index contributed by atoms with van der Waals surface area (Å²) in [6, 6.07) is 27.5. The van der Waals surface area contributed by atoms with Gasteiger partial charge in [-0.1, -0.05) is 48.5 Å². The molecule has 1 heterocycles. The molecule has 0 atom stereocenters. The number of benzene rings is 4. The van der Waals surface area contributed by atoms with Gasteiger partial charge in [0.1, 0.15) is 0 Å². The van der Waals surface area contributed by atoms with E-state index in [0.29, 0.717) is 11.1 Å². The van der Waals surface area contributed by atoms with Gasteiger partial charge in [-0.2, -0.15) is 23.4 Å². The second kappa shape index (κ2) is 8.22. The zero-order valence-corrected chi connectivity index (χ0v) is 18.3. The van der Waals surface area contributed by atoms with E-state index in [1.165, 1.54) is 12.1 Å². The molecule has 0 aliphatic carbocycles. The Balaban J connectivity index is 0.00000231. The van der Waals surface area contributed by atoms with Crippen LogP contribution in [0.1, 0.15) is 5.56 Å². The fourth-order valence-corrected chi connectivity index (χ4v) is 3.72. The van der Waals surface area contributed by atoms with Gasteiger partial charge in [0, 0.05) is 36.7 Å². The molecule has 0 bridgehead atoms. The van der Waals surface area contributed by atoms with E-state index in [9.17, 15) is 13.2 Å². The smallest absolute Gasteiger partial charge is 0.200 e. The van der Waals surface area contributed by atoms with E-state index in [0.717, 1.165) is 27.8 Å². The van der Waals surface area contributed by atoms with E-state index in [2.05, 4.69) is 16.3 Å². The molecule has 0 amide bonds. The van der Waals surface area contributed by atoms with Crippen molar-refractivity contribution in [1.29, 1.82) is 0 Å². The summed E-state index contributed by atoms with van der Waals surface area (Å²) in [5, 5.41) is 11.9. The van der Waals surface area contributed by atoms with Crippen LogP contribution in [0.2, 0.25) is 0 Å². The third-order valence-corrected chi connectivity index (χ3v) is 5.10. The summed E-state index contributed by atoms with van der Waals surface area (Å²) in [6.45, 7) is 0. The summed E-state index contributed by atoms with van der Waals surface area (Å²) in [4.78, 5) is 0. The van der Waals surface area contributed by atoms with Gasteiger partial charge in [0.15, 0.2) is 0 Å². The van der Waals surface area contributed by atoms with Crippen LogP contribution in [-0.2, 0) is 26.3 Å². The third-order valence-electron chi connectivity index (χ3n) is 5.10. The SMILES string of the molecule is FC(F)(F)c1ccccc1-c1nnc(-c2[c-]cccc2)c2cc3ccccc3cc12.[Ir]. The van der Waals surface area contributed by atoms with Crippen LogP contribution in [0.4, 0.5) is 13.2 Å². The van der Waals surface area contributed by atoms with Crippen LogP contribution in [-0.4, -0.2) is 10.2 Å². The maximum Gasteiger partial charge on any atom is 0.417 e. The molecule has 4 aromatic carbocycles. The quantitative estimate of drug-likeness (QED) is 0.164. The first-order chi connectivity index (χ1) is 14.5. The Morgan fingerprint density at radius 2 is 1.26 bits per heavy atom. The summed E-state index contributed by atoms with van der Waals surface area (Å²) in [5.74, 6) is 0. The first-order valence-corrected chi connectivity index (χ1v) is 9.35. The molecule has 1 aromatic heterocycles. The molecule has 0 fully saturated rings. The van der Waals surface area contributed by atoms with E-state index < -0.39 is 11.7 Å². The molecule has 0 aliphatic heterocycles. The van der Waals surface area contributed by atoms with Crippen molar-refractivity contribution in [2.45, 2.75) is 6.18 Å². The van der Waals surface area contributed by atoms with Crippen LogP contribution in [0.5, 0.6) is 0 Å². The van der Waals surface area contributed by atoms with Crippen molar-refractivity contribution in [3.63, 3.8) is 0 Å². The molecular formula is C25H14F3IrN2-. The Kier molecular flexibility index (Phi) is 5.61. The summed E-state index contributed by atoms with van der Waals surface area (Å²) in [6.07, 6.45) is -4.49. The maximum absolute atomic E-state index is 13.7. The molecule has 31 heavy (non-hydrogen) atoms. The molecule has 155 valence electrons. The van der Waals surface area contributed by atoms with Crippen molar-refractivity contribution in [2.75, 3.05) is 0 Å². The number of alkyl halides is 3. The Morgan fingerprint density at radius 3 is 1.90 bits per heavy atom. The van der Waals surface area contributed by atoms with E-state index >= 15 is 0 Å². The van der Waals surface area contributed by atoms with Gasteiger partial charge < -0.3 is 0 Å². The fraction of sp³-hybridized carbons (Fsp3) is 0.0400. The largest absolute Gasteiger partial charge is 0.417 e. The molecule has 1 radical (unpaired) electrons. The first-order valence-electron chi connectivity index (χ1n) is 9.35. The van der Waals surface area contributed by atoms with Crippen LogP contribution in [0.3, 0.4) is 0 Å². The van der Waals surface area contributed by atoms with Gasteiger partial charge in [-0.3, -0.25) is 0 Å². The number of hydrogen-bond donors (Lipinski definition) is 0. The van der Waals surface area contributed by atoms with E-state index in [1.807, 2.05) is 54.6 Å². The number of fused-ring (bicyclic) bond motifs is 2. The average molecular weight is 592 g/mol. The predicted molar refractivity (Wildman–Crippen MR) is 112 cm³/mol. The van der Waals surface area contributed by atoms with E-state index in [-0.39, 0.29) is 31.4 Å². The van der Waals surface area contributed by atoms with Crippen LogP contribution in [0.25, 0.3) is 44.1 Å². The van der Waals surface area contributed by atoms with Gasteiger partial charge in [-0.15, -0.1) is 35.9 Å². The molecule has 0 saturated heterocycles. The second-order valence-corrected chi connectivity index (χ2v) is 6.96. The predicted octanol–water partition coefficient (Wildman–Crippen LogP) is 6.93. The van der Waals surface area contributed by atoms with Gasteiger partial charge in [-0.05, 0) is 28.3 Å². The Labute approximate surface area is 190 Å². The van der Waals surface area contributed by atoms with Crippen molar-refractivity contribution in [1.82, 2.24) is 10.2 Å². The zero-order valence-electron chi connectivity index (χ0n) is 15.9. The minimum atomic E-state index is -4.49. The molecular weight excluding hydrogens is 578 g/mol. The Hall–Kier alpha value is -3.08. The molecule has 0 aliphatic rings. The molecule has 5 aromatic rings.